The van der Waals surface area contributed by atoms with E-state index in [4.69, 9.17) is 5.73 Å². The SMILES string of the molecule is CC1CCCCC1N(C)C1(CN)CC(C)N(C2CC2)C1. The number of hydrogen-bond donors (Lipinski definition) is 1. The minimum absolute atomic E-state index is 0.234. The highest BCUT2D eigenvalue weighted by Crippen LogP contribution is 2.41. The lowest BCUT2D eigenvalue weighted by Crippen LogP contribution is -2.59. The molecule has 0 aromatic rings. The molecule has 0 spiro atoms. The van der Waals surface area contributed by atoms with Crippen LogP contribution in [0.1, 0.15) is 58.8 Å². The fraction of sp³-hybridized carbons (Fsp3) is 1.00. The highest BCUT2D eigenvalue weighted by Gasteiger charge is 2.50. The lowest BCUT2D eigenvalue weighted by Gasteiger charge is -2.47. The smallest absolute Gasteiger partial charge is 0.0473 e. The van der Waals surface area contributed by atoms with Crippen molar-refractivity contribution in [2.45, 2.75) is 82.5 Å². The molecule has 2 saturated carbocycles. The van der Waals surface area contributed by atoms with E-state index < -0.39 is 0 Å². The van der Waals surface area contributed by atoms with Gasteiger partial charge in [0.05, 0.1) is 0 Å². The van der Waals surface area contributed by atoms with Crippen molar-refractivity contribution in [3.05, 3.63) is 0 Å². The first-order chi connectivity index (χ1) is 9.57. The fourth-order valence-corrected chi connectivity index (χ4v) is 4.89. The van der Waals surface area contributed by atoms with Crippen molar-refractivity contribution in [2.24, 2.45) is 11.7 Å². The van der Waals surface area contributed by atoms with Crippen molar-refractivity contribution in [3.8, 4) is 0 Å². The van der Waals surface area contributed by atoms with E-state index in [2.05, 4.69) is 30.7 Å². The summed E-state index contributed by atoms with van der Waals surface area (Å²) < 4.78 is 0. The monoisotopic (exact) mass is 279 g/mol. The van der Waals surface area contributed by atoms with Crippen LogP contribution in [0.4, 0.5) is 0 Å². The lowest BCUT2D eigenvalue weighted by molar-refractivity contribution is 0.0356. The van der Waals surface area contributed by atoms with E-state index in [-0.39, 0.29) is 5.54 Å². The first-order valence-corrected chi connectivity index (χ1v) is 8.76. The van der Waals surface area contributed by atoms with E-state index >= 15 is 0 Å². The second-order valence-corrected chi connectivity index (χ2v) is 7.83. The van der Waals surface area contributed by atoms with Gasteiger partial charge in [-0.15, -0.1) is 0 Å². The Hall–Kier alpha value is -0.120. The average Bonchev–Trinajstić information content (AvgIpc) is 3.23. The van der Waals surface area contributed by atoms with E-state index in [1.54, 1.807) is 0 Å². The molecular formula is C17H33N3. The molecule has 1 aliphatic heterocycles. The van der Waals surface area contributed by atoms with E-state index in [0.717, 1.165) is 24.5 Å². The van der Waals surface area contributed by atoms with E-state index in [1.165, 1.54) is 51.5 Å². The van der Waals surface area contributed by atoms with Gasteiger partial charge in [-0.25, -0.2) is 0 Å². The topological polar surface area (TPSA) is 32.5 Å². The second kappa shape index (κ2) is 5.58. The third-order valence-corrected chi connectivity index (χ3v) is 6.43. The zero-order valence-electron chi connectivity index (χ0n) is 13.6. The third kappa shape index (κ3) is 2.53. The number of rotatable bonds is 4. The standard InChI is InChI=1S/C17H33N3/c1-13-6-4-5-7-16(13)19(3)17(11-18)10-14(2)20(12-17)15-8-9-15/h13-16H,4-12,18H2,1-3H3. The normalized spacial score (nSPS) is 43.4. The maximum absolute atomic E-state index is 6.30. The van der Waals surface area contributed by atoms with Gasteiger partial charge in [0, 0.05) is 36.8 Å². The fourth-order valence-electron chi connectivity index (χ4n) is 4.89. The van der Waals surface area contributed by atoms with Crippen LogP contribution in [0, 0.1) is 5.92 Å². The molecule has 4 atom stereocenters. The van der Waals surface area contributed by atoms with Gasteiger partial charge in [-0.05, 0) is 52.0 Å². The van der Waals surface area contributed by atoms with Crippen LogP contribution < -0.4 is 5.73 Å². The van der Waals surface area contributed by atoms with Gasteiger partial charge in [-0.1, -0.05) is 19.8 Å². The minimum Gasteiger partial charge on any atom is -0.329 e. The van der Waals surface area contributed by atoms with E-state index in [9.17, 15) is 0 Å². The van der Waals surface area contributed by atoms with Crippen LogP contribution in [-0.2, 0) is 0 Å². The molecule has 3 aliphatic rings. The van der Waals surface area contributed by atoms with Crippen LogP contribution >= 0.6 is 0 Å². The molecule has 3 heteroatoms. The molecule has 20 heavy (non-hydrogen) atoms. The predicted molar refractivity (Wildman–Crippen MR) is 84.8 cm³/mol. The summed E-state index contributed by atoms with van der Waals surface area (Å²) in [6, 6.07) is 2.33. The molecule has 3 fully saturated rings. The number of hydrogen-bond acceptors (Lipinski definition) is 3. The van der Waals surface area contributed by atoms with Crippen LogP contribution in [-0.4, -0.2) is 53.6 Å². The van der Waals surface area contributed by atoms with Crippen LogP contribution in [0.15, 0.2) is 0 Å². The Labute approximate surface area is 124 Å². The van der Waals surface area contributed by atoms with Crippen molar-refractivity contribution in [2.75, 3.05) is 20.1 Å². The molecule has 2 N–H and O–H groups in total. The van der Waals surface area contributed by atoms with E-state index in [1.807, 2.05) is 0 Å². The molecule has 1 saturated heterocycles. The maximum atomic E-state index is 6.30. The van der Waals surface area contributed by atoms with Crippen LogP contribution in [0.2, 0.25) is 0 Å². The molecule has 4 unspecified atom stereocenters. The van der Waals surface area contributed by atoms with Gasteiger partial charge < -0.3 is 5.73 Å². The molecule has 116 valence electrons. The number of likely N-dealkylation sites (tertiary alicyclic amines) is 1. The molecule has 0 bridgehead atoms. The zero-order valence-corrected chi connectivity index (χ0v) is 13.6. The summed E-state index contributed by atoms with van der Waals surface area (Å²) in [5.41, 5.74) is 6.53. The van der Waals surface area contributed by atoms with Gasteiger partial charge in [0.2, 0.25) is 0 Å². The maximum Gasteiger partial charge on any atom is 0.0473 e. The van der Waals surface area contributed by atoms with Gasteiger partial charge >= 0.3 is 0 Å². The summed E-state index contributed by atoms with van der Waals surface area (Å²) >= 11 is 0. The van der Waals surface area contributed by atoms with Crippen molar-refractivity contribution in [1.82, 2.24) is 9.80 Å². The summed E-state index contributed by atoms with van der Waals surface area (Å²) in [7, 11) is 2.36. The number of nitrogens with zero attached hydrogens (tertiary/aromatic N) is 2. The second-order valence-electron chi connectivity index (χ2n) is 7.83. The quantitative estimate of drug-likeness (QED) is 0.858. The first kappa shape index (κ1) is 14.8. The highest BCUT2D eigenvalue weighted by molar-refractivity contribution is 5.07. The molecule has 2 aliphatic carbocycles. The zero-order chi connectivity index (χ0) is 14.3. The Morgan fingerprint density at radius 3 is 2.45 bits per heavy atom. The molecule has 0 radical (unpaired) electrons. The van der Waals surface area contributed by atoms with Crippen LogP contribution in [0.3, 0.4) is 0 Å². The summed E-state index contributed by atoms with van der Waals surface area (Å²) in [5.74, 6) is 0.836. The van der Waals surface area contributed by atoms with Crippen molar-refractivity contribution in [1.29, 1.82) is 0 Å². The summed E-state index contributed by atoms with van der Waals surface area (Å²) in [4.78, 5) is 5.45. The predicted octanol–water partition coefficient (Wildman–Crippen LogP) is 2.45. The third-order valence-electron chi connectivity index (χ3n) is 6.43. The van der Waals surface area contributed by atoms with Gasteiger partial charge in [0.25, 0.3) is 0 Å². The summed E-state index contributed by atoms with van der Waals surface area (Å²) in [6.45, 7) is 6.88. The molecule has 3 nitrogen and oxygen atoms in total. The van der Waals surface area contributed by atoms with Gasteiger partial charge in [-0.3, -0.25) is 9.80 Å². The Kier molecular flexibility index (Phi) is 4.13. The van der Waals surface area contributed by atoms with Gasteiger partial charge in [-0.2, -0.15) is 0 Å². The van der Waals surface area contributed by atoms with Crippen molar-refractivity contribution in [3.63, 3.8) is 0 Å². The lowest BCUT2D eigenvalue weighted by atomic mass is 9.81. The average molecular weight is 279 g/mol. The molecule has 3 rings (SSSR count). The van der Waals surface area contributed by atoms with Crippen LogP contribution in [0.25, 0.3) is 0 Å². The summed E-state index contributed by atoms with van der Waals surface area (Å²) in [6.07, 6.45) is 9.69. The Bertz CT molecular complexity index is 341. The molecule has 0 aromatic heterocycles. The molecule has 0 aromatic carbocycles. The molecular weight excluding hydrogens is 246 g/mol. The van der Waals surface area contributed by atoms with Crippen LogP contribution in [0.5, 0.6) is 0 Å². The first-order valence-electron chi connectivity index (χ1n) is 8.76. The number of nitrogens with two attached hydrogens (primary N) is 1. The van der Waals surface area contributed by atoms with E-state index in [0.29, 0.717) is 6.04 Å². The summed E-state index contributed by atoms with van der Waals surface area (Å²) in [5, 5.41) is 0. The van der Waals surface area contributed by atoms with Gasteiger partial charge in [0.1, 0.15) is 0 Å². The highest BCUT2D eigenvalue weighted by atomic mass is 15.3. The molecule has 1 heterocycles. The minimum atomic E-state index is 0.234. The molecule has 0 amide bonds. The Balaban J connectivity index is 1.74. The number of likely N-dealkylation sites (N-methyl/N-ethyl adjacent to an activating group) is 1. The largest absolute Gasteiger partial charge is 0.329 e. The Morgan fingerprint density at radius 1 is 1.15 bits per heavy atom. The van der Waals surface area contributed by atoms with Crippen molar-refractivity contribution < 1.29 is 0 Å². The van der Waals surface area contributed by atoms with Crippen molar-refractivity contribution >= 4 is 0 Å². The van der Waals surface area contributed by atoms with Gasteiger partial charge in [0.15, 0.2) is 0 Å². The Morgan fingerprint density at radius 2 is 1.85 bits per heavy atom.